The second-order valence-electron chi connectivity index (χ2n) is 16.8. The van der Waals surface area contributed by atoms with Gasteiger partial charge in [0.15, 0.2) is 0 Å². The largest absolute Gasteiger partial charge is 0.497 e. The van der Waals surface area contributed by atoms with E-state index in [-0.39, 0.29) is 25.3 Å². The topological polar surface area (TPSA) is 173 Å². The molecule has 3 aliphatic heterocycles. The molecule has 3 aromatic rings. The number of hydrogen-bond donors (Lipinski definition) is 3. The smallest absolute Gasteiger partial charge is 0.262 e. The first kappa shape index (κ1) is 39.3. The Hall–Kier alpha value is -4.50. The molecular formula is C42H51N5O8S2. The Kier molecular flexibility index (Phi) is 10.1. The van der Waals surface area contributed by atoms with Gasteiger partial charge >= 0.3 is 0 Å². The fourth-order valence-electron chi connectivity index (χ4n) is 8.72. The lowest BCUT2D eigenvalue weighted by Gasteiger charge is -2.37. The van der Waals surface area contributed by atoms with Gasteiger partial charge in [-0.05, 0) is 107 Å². The zero-order valence-electron chi connectivity index (χ0n) is 32.9. The molecule has 57 heavy (non-hydrogen) atoms. The van der Waals surface area contributed by atoms with Crippen molar-refractivity contribution in [2.24, 2.45) is 5.92 Å². The Morgan fingerprint density at radius 2 is 1.93 bits per heavy atom. The minimum atomic E-state index is -3.99. The first-order valence-corrected chi connectivity index (χ1v) is 22.5. The number of pyridine rings is 1. The predicted octanol–water partition coefficient (Wildman–Crippen LogP) is 5.03. The van der Waals surface area contributed by atoms with Crippen LogP contribution in [0.3, 0.4) is 0 Å². The minimum absolute atomic E-state index is 0.0718. The lowest BCUT2D eigenvalue weighted by molar-refractivity contribution is -0.141. The van der Waals surface area contributed by atoms with Gasteiger partial charge in [0.1, 0.15) is 34.7 Å². The zero-order chi connectivity index (χ0) is 40.3. The standard InChI is InChI=1S/C42H51N5O8S2/c1-5-30-35-28(29-20-27(54-4)13-14-31(29)43-30)15-16-41(55-35)22-33-36(48)45-42(39(51)46-57(52,53)40(3)17-18-40)21-26(42)11-9-7-6-8-10-12-32(38(50)47(33)24-41)44-37(49)34-19-25(2)23-56-34/h9,11,13-14,19-20,23,26,32-33H,5-8,10,12,15-18,21-22,24H2,1-4H3,(H,44,49)(H,45,48)(H,46,51). The maximum Gasteiger partial charge on any atom is 0.262 e. The number of hydrogen-bond acceptors (Lipinski definition) is 10. The molecule has 2 aliphatic carbocycles. The van der Waals surface area contributed by atoms with Gasteiger partial charge in [-0.15, -0.1) is 11.3 Å². The molecule has 3 fully saturated rings. The van der Waals surface area contributed by atoms with Crippen LogP contribution in [0.5, 0.6) is 11.5 Å². The number of benzene rings is 1. The minimum Gasteiger partial charge on any atom is -0.497 e. The molecular weight excluding hydrogens is 767 g/mol. The number of aromatic nitrogens is 1. The summed E-state index contributed by atoms with van der Waals surface area (Å²) in [6, 6.07) is 5.57. The van der Waals surface area contributed by atoms with Gasteiger partial charge in [-0.1, -0.05) is 31.9 Å². The van der Waals surface area contributed by atoms with E-state index in [0.717, 1.165) is 40.6 Å². The highest BCUT2D eigenvalue weighted by Gasteiger charge is 2.64. The van der Waals surface area contributed by atoms with Gasteiger partial charge in [0.05, 0.1) is 34.5 Å². The van der Waals surface area contributed by atoms with E-state index in [4.69, 9.17) is 14.5 Å². The van der Waals surface area contributed by atoms with Gasteiger partial charge in [-0.2, -0.15) is 0 Å². The number of ether oxygens (including phenoxy) is 2. The number of nitrogens with one attached hydrogen (secondary N) is 3. The van der Waals surface area contributed by atoms with Crippen LogP contribution in [0.1, 0.15) is 105 Å². The number of sulfonamides is 1. The number of carbonyl (C=O) groups is 4. The molecule has 5 atom stereocenters. The van der Waals surface area contributed by atoms with E-state index in [1.165, 1.54) is 16.2 Å². The van der Waals surface area contributed by atoms with Crippen molar-refractivity contribution in [3.05, 3.63) is 63.5 Å². The number of methoxy groups -OCH3 is 1. The van der Waals surface area contributed by atoms with Gasteiger partial charge in [-0.3, -0.25) is 23.9 Å². The van der Waals surface area contributed by atoms with Crippen molar-refractivity contribution in [2.75, 3.05) is 13.7 Å². The monoisotopic (exact) mass is 817 g/mol. The Labute approximate surface area is 337 Å². The number of fused-ring (bicyclic) bond motifs is 5. The molecule has 13 nitrogen and oxygen atoms in total. The molecule has 1 spiro atoms. The first-order valence-electron chi connectivity index (χ1n) is 20.1. The highest BCUT2D eigenvalue weighted by molar-refractivity contribution is 7.91. The summed E-state index contributed by atoms with van der Waals surface area (Å²) in [4.78, 5) is 64.2. The van der Waals surface area contributed by atoms with E-state index >= 15 is 0 Å². The summed E-state index contributed by atoms with van der Waals surface area (Å²) < 4.78 is 40.3. The lowest BCUT2D eigenvalue weighted by Crippen LogP contribution is -2.58. The van der Waals surface area contributed by atoms with E-state index in [9.17, 15) is 27.6 Å². The molecule has 5 unspecified atom stereocenters. The summed E-state index contributed by atoms with van der Waals surface area (Å²) in [5.41, 5.74) is 1.06. The second-order valence-corrected chi connectivity index (χ2v) is 19.9. The highest BCUT2D eigenvalue weighted by atomic mass is 32.2. The molecule has 5 heterocycles. The van der Waals surface area contributed by atoms with Crippen LogP contribution in [0.2, 0.25) is 0 Å². The molecule has 8 rings (SSSR count). The van der Waals surface area contributed by atoms with Gasteiger partial charge in [0.25, 0.3) is 11.8 Å². The van der Waals surface area contributed by atoms with Crippen molar-refractivity contribution in [3.63, 3.8) is 0 Å². The summed E-state index contributed by atoms with van der Waals surface area (Å²) in [6.45, 7) is 5.60. The fourth-order valence-corrected chi connectivity index (χ4v) is 10.8. The summed E-state index contributed by atoms with van der Waals surface area (Å²) in [7, 11) is -2.37. The van der Waals surface area contributed by atoms with Crippen molar-refractivity contribution < 1.29 is 37.1 Å². The number of rotatable bonds is 7. The molecule has 4 amide bonds. The summed E-state index contributed by atoms with van der Waals surface area (Å²) in [6.07, 6.45) is 10.2. The van der Waals surface area contributed by atoms with Crippen LogP contribution in [0, 0.1) is 12.8 Å². The SMILES string of the molecule is CCc1nc2ccc(OC)cc2c2c1OC1(CC2)CC2C(=O)NC3(C(=O)NS(=O)(=O)C4(C)CC4)CC3C=CCCCCCC(NC(=O)c3cc(C)cs3)C(=O)N2C1. The summed E-state index contributed by atoms with van der Waals surface area (Å²) in [5.74, 6) is -1.18. The van der Waals surface area contributed by atoms with Gasteiger partial charge in [-0.25, -0.2) is 13.4 Å². The number of aryl methyl sites for hydroxylation is 3. The van der Waals surface area contributed by atoms with Crippen LogP contribution >= 0.6 is 11.3 Å². The van der Waals surface area contributed by atoms with Crippen LogP contribution in [0.15, 0.2) is 41.8 Å². The lowest BCUT2D eigenvalue weighted by atomic mass is 9.87. The Balaban J connectivity index is 1.15. The van der Waals surface area contributed by atoms with E-state index in [1.807, 2.05) is 49.6 Å². The number of thiophene rings is 1. The molecule has 2 saturated carbocycles. The normalized spacial score (nSPS) is 28.2. The summed E-state index contributed by atoms with van der Waals surface area (Å²) in [5, 5.41) is 8.79. The third-order valence-electron chi connectivity index (χ3n) is 12.7. The molecule has 5 aliphatic rings. The maximum atomic E-state index is 14.9. The fraction of sp³-hybridized carbons (Fsp3) is 0.548. The molecule has 2 aromatic heterocycles. The molecule has 15 heteroatoms. The van der Waals surface area contributed by atoms with Crippen molar-refractivity contribution in [1.29, 1.82) is 0 Å². The van der Waals surface area contributed by atoms with E-state index in [0.29, 0.717) is 67.7 Å². The van der Waals surface area contributed by atoms with E-state index in [2.05, 4.69) is 15.4 Å². The Morgan fingerprint density at radius 1 is 1.12 bits per heavy atom. The van der Waals surface area contributed by atoms with Gasteiger partial charge in [0.2, 0.25) is 21.8 Å². The van der Waals surface area contributed by atoms with Crippen molar-refractivity contribution in [1.82, 2.24) is 25.2 Å². The Morgan fingerprint density at radius 3 is 2.65 bits per heavy atom. The highest BCUT2D eigenvalue weighted by Crippen LogP contribution is 2.49. The molecule has 0 radical (unpaired) electrons. The van der Waals surface area contributed by atoms with Crippen molar-refractivity contribution in [3.8, 4) is 11.5 Å². The van der Waals surface area contributed by atoms with Crippen LogP contribution in [0.25, 0.3) is 10.9 Å². The second kappa shape index (κ2) is 14.7. The average Bonchev–Trinajstić information content (AvgIpc) is 4.01. The average molecular weight is 818 g/mol. The molecule has 1 aromatic carbocycles. The summed E-state index contributed by atoms with van der Waals surface area (Å²) >= 11 is 1.31. The number of carbonyl (C=O) groups excluding carboxylic acids is 4. The molecule has 1 saturated heterocycles. The van der Waals surface area contributed by atoms with Gasteiger partial charge in [0, 0.05) is 23.3 Å². The third-order valence-corrected chi connectivity index (χ3v) is 15.9. The van der Waals surface area contributed by atoms with Crippen molar-refractivity contribution in [2.45, 2.75) is 126 Å². The quantitative estimate of drug-likeness (QED) is 0.277. The van der Waals surface area contributed by atoms with E-state index in [1.54, 1.807) is 20.1 Å². The van der Waals surface area contributed by atoms with Crippen molar-refractivity contribution >= 4 is 55.9 Å². The van der Waals surface area contributed by atoms with Crippen LogP contribution in [-0.2, 0) is 37.2 Å². The maximum absolute atomic E-state index is 14.9. The zero-order valence-corrected chi connectivity index (χ0v) is 34.6. The van der Waals surface area contributed by atoms with Crippen LogP contribution < -0.4 is 24.8 Å². The number of amides is 4. The number of nitrogens with zero attached hydrogens (tertiary/aromatic N) is 2. The Bertz CT molecular complexity index is 2290. The third kappa shape index (κ3) is 7.30. The number of allylic oxidation sites excluding steroid dienone is 1. The van der Waals surface area contributed by atoms with E-state index < -0.39 is 61.6 Å². The van der Waals surface area contributed by atoms with Crippen LogP contribution in [-0.4, -0.2) is 83.6 Å². The first-order chi connectivity index (χ1) is 27.2. The van der Waals surface area contributed by atoms with Crippen LogP contribution in [0.4, 0.5) is 0 Å². The molecule has 0 bridgehead atoms. The predicted molar refractivity (Wildman–Crippen MR) is 216 cm³/mol. The van der Waals surface area contributed by atoms with Gasteiger partial charge < -0.3 is 25.0 Å². The molecule has 304 valence electrons. The molecule has 3 N–H and O–H groups in total.